The predicted octanol–water partition coefficient (Wildman–Crippen LogP) is 3.63. The first-order valence-electron chi connectivity index (χ1n) is 4.64. The molecule has 3 nitrogen and oxygen atoms in total. The first-order valence-corrected chi connectivity index (χ1v) is 6.71. The molecule has 0 aliphatic carbocycles. The fraction of sp³-hybridized carbons (Fsp3) is 0.200. The molecule has 16 heavy (non-hydrogen) atoms. The predicted molar refractivity (Wildman–Crippen MR) is 70.0 cm³/mol. The van der Waals surface area contributed by atoms with Crippen LogP contribution in [0.25, 0.3) is 0 Å². The fourth-order valence-electron chi connectivity index (χ4n) is 1.28. The zero-order valence-corrected chi connectivity index (χ0v) is 10.9. The number of hydrogen-bond donors (Lipinski definition) is 1. The van der Waals surface area contributed by atoms with Gasteiger partial charge in [0.05, 0.1) is 15.4 Å². The fourth-order valence-corrected chi connectivity index (χ4v) is 3.72. The van der Waals surface area contributed by atoms with Crippen LogP contribution in [0.3, 0.4) is 0 Å². The van der Waals surface area contributed by atoms with E-state index >= 15 is 0 Å². The highest BCUT2D eigenvalue weighted by Gasteiger charge is 2.12. The van der Waals surface area contributed by atoms with Gasteiger partial charge >= 0.3 is 0 Å². The second-order valence-corrected chi connectivity index (χ2v) is 6.29. The van der Waals surface area contributed by atoms with E-state index in [0.29, 0.717) is 10.2 Å². The van der Waals surface area contributed by atoms with Crippen molar-refractivity contribution in [2.24, 2.45) is 0 Å². The van der Waals surface area contributed by atoms with Crippen molar-refractivity contribution in [3.8, 4) is 0 Å². The van der Waals surface area contributed by atoms with Crippen molar-refractivity contribution in [1.29, 1.82) is 0 Å². The number of nitrogens with zero attached hydrogens (tertiary/aromatic N) is 2. The van der Waals surface area contributed by atoms with Gasteiger partial charge in [0.2, 0.25) is 0 Å². The molecule has 0 fully saturated rings. The summed E-state index contributed by atoms with van der Waals surface area (Å²) in [7, 11) is 0. The van der Waals surface area contributed by atoms with Gasteiger partial charge in [-0.15, -0.1) is 11.8 Å². The minimum atomic E-state index is 0.260. The minimum absolute atomic E-state index is 0.260. The van der Waals surface area contributed by atoms with E-state index in [9.17, 15) is 0 Å². The molecule has 2 rings (SSSR count). The topological polar surface area (TPSA) is 51.8 Å². The normalized spacial score (nSPS) is 12.6. The van der Waals surface area contributed by atoms with Crippen LogP contribution >= 0.6 is 34.7 Å². The molecule has 0 bridgehead atoms. The average Bonchev–Trinajstić information content (AvgIpc) is 2.64. The van der Waals surface area contributed by atoms with E-state index in [-0.39, 0.29) is 5.25 Å². The van der Waals surface area contributed by atoms with E-state index in [2.05, 4.69) is 16.9 Å². The molecule has 2 heterocycles. The molecule has 1 atom stereocenters. The number of pyridine rings is 1. The summed E-state index contributed by atoms with van der Waals surface area (Å²) in [5.74, 6) is 0. The van der Waals surface area contributed by atoms with Crippen molar-refractivity contribution >= 4 is 39.8 Å². The van der Waals surface area contributed by atoms with Crippen LogP contribution in [0.4, 0.5) is 5.13 Å². The lowest BCUT2D eigenvalue weighted by Gasteiger charge is -2.10. The van der Waals surface area contributed by atoms with Crippen LogP contribution in [-0.2, 0) is 0 Å². The van der Waals surface area contributed by atoms with Crippen LogP contribution in [0, 0.1) is 0 Å². The molecule has 2 N–H and O–H groups in total. The number of nitrogen functional groups attached to an aromatic ring is 1. The first kappa shape index (κ1) is 11.7. The third kappa shape index (κ3) is 2.66. The molecule has 6 heteroatoms. The van der Waals surface area contributed by atoms with Crippen LogP contribution in [0.5, 0.6) is 0 Å². The number of anilines is 1. The van der Waals surface area contributed by atoms with Gasteiger partial charge in [0.25, 0.3) is 0 Å². The zero-order valence-electron chi connectivity index (χ0n) is 8.55. The Bertz CT molecular complexity index is 486. The van der Waals surface area contributed by atoms with E-state index in [1.807, 2.05) is 6.07 Å². The summed E-state index contributed by atoms with van der Waals surface area (Å²) in [6, 6.07) is 1.93. The van der Waals surface area contributed by atoms with Crippen LogP contribution in [0.2, 0.25) is 5.02 Å². The standard InChI is InChI=1S/C10H10ClN3S2/c1-6(7-2-3-13-4-8(7)11)15-9-5-14-10(12)16-9/h2-6H,1H3,(H2,12,14)/t6-/m0/s1. The third-order valence-corrected chi connectivity index (χ3v) is 4.46. The van der Waals surface area contributed by atoms with Crippen molar-refractivity contribution in [2.45, 2.75) is 16.4 Å². The number of aromatic nitrogens is 2. The molecule has 0 amide bonds. The van der Waals surface area contributed by atoms with Gasteiger partial charge in [-0.2, -0.15) is 0 Å². The van der Waals surface area contributed by atoms with E-state index < -0.39 is 0 Å². The molecule has 0 spiro atoms. The largest absolute Gasteiger partial charge is 0.375 e. The monoisotopic (exact) mass is 271 g/mol. The number of thiazole rings is 1. The van der Waals surface area contributed by atoms with Gasteiger partial charge in [0.15, 0.2) is 5.13 Å². The number of thioether (sulfide) groups is 1. The summed E-state index contributed by atoms with van der Waals surface area (Å²) in [6.07, 6.45) is 5.20. The SMILES string of the molecule is C[C@H](Sc1cnc(N)s1)c1ccncc1Cl. The molecule has 0 radical (unpaired) electrons. The Kier molecular flexibility index (Phi) is 3.68. The molecule has 2 aromatic heterocycles. The van der Waals surface area contributed by atoms with Crippen LogP contribution in [-0.4, -0.2) is 9.97 Å². The lowest BCUT2D eigenvalue weighted by Crippen LogP contribution is -1.89. The van der Waals surface area contributed by atoms with Gasteiger partial charge in [-0.1, -0.05) is 22.9 Å². The number of rotatable bonds is 3. The van der Waals surface area contributed by atoms with Gasteiger partial charge in [-0.3, -0.25) is 4.98 Å². The van der Waals surface area contributed by atoms with Crippen molar-refractivity contribution < 1.29 is 0 Å². The number of hydrogen-bond acceptors (Lipinski definition) is 5. The molecule has 0 saturated carbocycles. The second-order valence-electron chi connectivity index (χ2n) is 3.17. The molecular formula is C10H10ClN3S2. The molecule has 2 aromatic rings. The molecule has 0 unspecified atom stereocenters. The highest BCUT2D eigenvalue weighted by Crippen LogP contribution is 2.40. The Labute approximate surface area is 107 Å². The summed E-state index contributed by atoms with van der Waals surface area (Å²) in [5.41, 5.74) is 6.66. The molecular weight excluding hydrogens is 262 g/mol. The Morgan fingerprint density at radius 1 is 1.50 bits per heavy atom. The van der Waals surface area contributed by atoms with Crippen molar-refractivity contribution in [1.82, 2.24) is 9.97 Å². The van der Waals surface area contributed by atoms with Gasteiger partial charge in [0, 0.05) is 17.6 Å². The molecule has 0 aliphatic rings. The molecule has 0 saturated heterocycles. The summed E-state index contributed by atoms with van der Waals surface area (Å²) < 4.78 is 1.10. The van der Waals surface area contributed by atoms with Crippen LogP contribution < -0.4 is 5.73 Å². The summed E-state index contributed by atoms with van der Waals surface area (Å²) in [5, 5.41) is 1.55. The van der Waals surface area contributed by atoms with Crippen molar-refractivity contribution in [3.05, 3.63) is 35.2 Å². The van der Waals surface area contributed by atoms with Crippen molar-refractivity contribution in [3.63, 3.8) is 0 Å². The van der Waals surface area contributed by atoms with Gasteiger partial charge in [-0.05, 0) is 18.6 Å². The Morgan fingerprint density at radius 3 is 2.94 bits per heavy atom. The second kappa shape index (κ2) is 5.03. The van der Waals surface area contributed by atoms with Crippen molar-refractivity contribution in [2.75, 3.05) is 5.73 Å². The maximum absolute atomic E-state index is 6.08. The van der Waals surface area contributed by atoms with Gasteiger partial charge in [0.1, 0.15) is 0 Å². The Balaban J connectivity index is 2.14. The quantitative estimate of drug-likeness (QED) is 0.866. The van der Waals surface area contributed by atoms with Gasteiger partial charge < -0.3 is 5.73 Å². The Hall–Kier alpha value is -0.780. The Morgan fingerprint density at radius 2 is 2.31 bits per heavy atom. The lowest BCUT2D eigenvalue weighted by molar-refractivity contribution is 1.08. The van der Waals surface area contributed by atoms with Crippen LogP contribution in [0.1, 0.15) is 17.7 Å². The third-order valence-electron chi connectivity index (χ3n) is 2.04. The van der Waals surface area contributed by atoms with E-state index in [1.54, 1.807) is 30.4 Å². The molecule has 0 aromatic carbocycles. The molecule has 0 aliphatic heterocycles. The first-order chi connectivity index (χ1) is 7.66. The summed E-state index contributed by atoms with van der Waals surface area (Å²) >= 11 is 9.26. The maximum Gasteiger partial charge on any atom is 0.181 e. The highest BCUT2D eigenvalue weighted by molar-refractivity contribution is 8.01. The maximum atomic E-state index is 6.08. The van der Waals surface area contributed by atoms with Gasteiger partial charge in [-0.25, -0.2) is 4.98 Å². The zero-order chi connectivity index (χ0) is 11.5. The minimum Gasteiger partial charge on any atom is -0.375 e. The van der Waals surface area contributed by atoms with E-state index in [0.717, 1.165) is 9.77 Å². The van der Waals surface area contributed by atoms with Crippen LogP contribution in [0.15, 0.2) is 28.9 Å². The lowest BCUT2D eigenvalue weighted by atomic mass is 10.2. The summed E-state index contributed by atoms with van der Waals surface area (Å²) in [6.45, 7) is 2.10. The number of halogens is 1. The number of nitrogens with two attached hydrogens (primary N) is 1. The average molecular weight is 272 g/mol. The summed E-state index contributed by atoms with van der Waals surface area (Å²) in [4.78, 5) is 7.98. The van der Waals surface area contributed by atoms with E-state index in [1.165, 1.54) is 11.3 Å². The smallest absolute Gasteiger partial charge is 0.181 e. The highest BCUT2D eigenvalue weighted by atomic mass is 35.5. The molecule has 84 valence electrons. The van der Waals surface area contributed by atoms with E-state index in [4.69, 9.17) is 17.3 Å².